The van der Waals surface area contributed by atoms with Crippen molar-refractivity contribution < 1.29 is 14.3 Å². The Hall–Kier alpha value is -2.02. The van der Waals surface area contributed by atoms with Gasteiger partial charge in [-0.3, -0.25) is 14.6 Å². The Bertz CT molecular complexity index is 605. The molecule has 1 N–H and O–H groups in total. The van der Waals surface area contributed by atoms with Gasteiger partial charge in [0.25, 0.3) is 0 Å². The number of hydrogen-bond acceptors (Lipinski definition) is 5. The minimum atomic E-state index is -0.265. The summed E-state index contributed by atoms with van der Waals surface area (Å²) in [6, 6.07) is 0.142. The summed E-state index contributed by atoms with van der Waals surface area (Å²) in [5.74, 6) is 0.416. The van der Waals surface area contributed by atoms with Gasteiger partial charge in [-0.15, -0.1) is 0 Å². The molecule has 3 atom stereocenters. The van der Waals surface area contributed by atoms with Gasteiger partial charge in [-0.05, 0) is 25.7 Å². The molecule has 2 aliphatic heterocycles. The summed E-state index contributed by atoms with van der Waals surface area (Å²) in [5.41, 5.74) is 0. The molecule has 23 heavy (non-hydrogen) atoms. The molecule has 1 saturated carbocycles. The lowest BCUT2D eigenvalue weighted by Crippen LogP contribution is -2.54. The van der Waals surface area contributed by atoms with Gasteiger partial charge in [-0.25, -0.2) is 4.98 Å². The summed E-state index contributed by atoms with van der Waals surface area (Å²) >= 11 is 0. The van der Waals surface area contributed by atoms with Crippen molar-refractivity contribution in [1.29, 1.82) is 0 Å². The molecule has 0 spiro atoms. The van der Waals surface area contributed by atoms with Crippen molar-refractivity contribution in [2.75, 3.05) is 18.5 Å². The Kier molecular flexibility index (Phi) is 3.72. The molecule has 3 heterocycles. The van der Waals surface area contributed by atoms with E-state index in [2.05, 4.69) is 15.3 Å². The van der Waals surface area contributed by atoms with E-state index in [1.165, 1.54) is 12.4 Å². The highest BCUT2D eigenvalue weighted by Crippen LogP contribution is 2.37. The number of anilines is 1. The molecule has 0 unspecified atom stereocenters. The third-order valence-electron chi connectivity index (χ3n) is 4.90. The molecule has 1 aromatic rings. The molecule has 7 nitrogen and oxygen atoms in total. The van der Waals surface area contributed by atoms with E-state index in [0.29, 0.717) is 25.4 Å². The molecule has 2 amide bonds. The van der Waals surface area contributed by atoms with E-state index in [0.717, 1.165) is 19.3 Å². The van der Waals surface area contributed by atoms with E-state index in [9.17, 15) is 9.59 Å². The first-order valence-electron chi connectivity index (χ1n) is 8.21. The monoisotopic (exact) mass is 316 g/mol. The summed E-state index contributed by atoms with van der Waals surface area (Å²) in [5, 5.41) is 2.79. The average Bonchev–Trinajstić information content (AvgIpc) is 3.31. The molecule has 3 aliphatic rings. The van der Waals surface area contributed by atoms with Gasteiger partial charge in [0.1, 0.15) is 0 Å². The van der Waals surface area contributed by atoms with Crippen LogP contribution in [0.2, 0.25) is 0 Å². The zero-order chi connectivity index (χ0) is 15.8. The highest BCUT2D eigenvalue weighted by molar-refractivity contribution is 5.92. The molecular formula is C16H20N4O3. The fourth-order valence-electron chi connectivity index (χ4n) is 3.55. The van der Waals surface area contributed by atoms with Crippen molar-refractivity contribution in [2.24, 2.45) is 11.8 Å². The maximum atomic E-state index is 12.5. The zero-order valence-electron chi connectivity index (χ0n) is 12.9. The second-order valence-electron chi connectivity index (χ2n) is 6.54. The molecule has 0 bridgehead atoms. The molecule has 0 radical (unpaired) electrons. The Morgan fingerprint density at radius 1 is 1.22 bits per heavy atom. The van der Waals surface area contributed by atoms with Gasteiger partial charge in [0.2, 0.25) is 11.8 Å². The number of aromatic nitrogens is 2. The molecule has 4 rings (SSSR count). The first kappa shape index (κ1) is 14.6. The third kappa shape index (κ3) is 2.93. The topological polar surface area (TPSA) is 84.4 Å². The van der Waals surface area contributed by atoms with Crippen molar-refractivity contribution in [3.8, 4) is 0 Å². The minimum absolute atomic E-state index is 0.0240. The van der Waals surface area contributed by atoms with Crippen LogP contribution >= 0.6 is 0 Å². The van der Waals surface area contributed by atoms with E-state index < -0.39 is 0 Å². The van der Waals surface area contributed by atoms with E-state index in [1.807, 2.05) is 4.90 Å². The van der Waals surface area contributed by atoms with Gasteiger partial charge in [-0.2, -0.15) is 0 Å². The van der Waals surface area contributed by atoms with E-state index in [-0.39, 0.29) is 35.8 Å². The van der Waals surface area contributed by atoms with E-state index in [1.54, 1.807) is 6.20 Å². The molecule has 7 heteroatoms. The second kappa shape index (κ2) is 5.88. The summed E-state index contributed by atoms with van der Waals surface area (Å²) in [6.07, 6.45) is 8.08. The van der Waals surface area contributed by atoms with E-state index >= 15 is 0 Å². The van der Waals surface area contributed by atoms with Crippen LogP contribution in [0.4, 0.5) is 5.82 Å². The van der Waals surface area contributed by atoms with Crippen LogP contribution in [0.5, 0.6) is 0 Å². The normalized spacial score (nSPS) is 29.9. The summed E-state index contributed by atoms with van der Waals surface area (Å²) < 4.78 is 5.77. The Morgan fingerprint density at radius 3 is 2.83 bits per heavy atom. The van der Waals surface area contributed by atoms with Crippen LogP contribution in [0.25, 0.3) is 0 Å². The number of carbonyl (C=O) groups is 2. The van der Waals surface area contributed by atoms with Crippen molar-refractivity contribution in [3.63, 3.8) is 0 Å². The number of amides is 2. The maximum Gasteiger partial charge on any atom is 0.230 e. The molecule has 1 aliphatic carbocycles. The Balaban J connectivity index is 1.48. The number of ether oxygens (including phenoxy) is 1. The van der Waals surface area contributed by atoms with Crippen LogP contribution < -0.4 is 5.32 Å². The smallest absolute Gasteiger partial charge is 0.230 e. The number of nitrogens with zero attached hydrogens (tertiary/aromatic N) is 3. The average molecular weight is 316 g/mol. The van der Waals surface area contributed by atoms with Gasteiger partial charge in [0.15, 0.2) is 5.82 Å². The molecule has 0 aromatic carbocycles. The minimum Gasteiger partial charge on any atom is -0.376 e. The number of rotatable bonds is 3. The third-order valence-corrected chi connectivity index (χ3v) is 4.90. The lowest BCUT2D eigenvalue weighted by molar-refractivity contribution is -0.142. The van der Waals surface area contributed by atoms with Crippen LogP contribution in [0, 0.1) is 11.8 Å². The van der Waals surface area contributed by atoms with Crippen molar-refractivity contribution in [1.82, 2.24) is 14.9 Å². The highest BCUT2D eigenvalue weighted by Gasteiger charge is 2.47. The summed E-state index contributed by atoms with van der Waals surface area (Å²) in [7, 11) is 0. The van der Waals surface area contributed by atoms with Crippen molar-refractivity contribution in [2.45, 2.75) is 37.8 Å². The molecular weight excluding hydrogens is 296 g/mol. The zero-order valence-corrected chi connectivity index (χ0v) is 12.9. The number of piperidine rings is 1. The SMILES string of the molecule is O=C(Nc1cnccn1)[C@H]1C[C@H]2OCC[C@H]2N(C(=O)C2CC2)C1. The molecule has 2 saturated heterocycles. The van der Waals surface area contributed by atoms with Crippen LogP contribution in [-0.4, -0.2) is 52.0 Å². The molecule has 122 valence electrons. The first-order chi connectivity index (χ1) is 11.2. The number of hydrogen-bond donors (Lipinski definition) is 1. The highest BCUT2D eigenvalue weighted by atomic mass is 16.5. The molecule has 3 fully saturated rings. The van der Waals surface area contributed by atoms with Gasteiger partial charge < -0.3 is 15.0 Å². The van der Waals surface area contributed by atoms with Gasteiger partial charge in [0, 0.05) is 31.5 Å². The maximum absolute atomic E-state index is 12.5. The second-order valence-corrected chi connectivity index (χ2v) is 6.54. The lowest BCUT2D eigenvalue weighted by Gasteiger charge is -2.40. The largest absolute Gasteiger partial charge is 0.376 e. The van der Waals surface area contributed by atoms with Crippen LogP contribution in [0.3, 0.4) is 0 Å². The number of carbonyl (C=O) groups excluding carboxylic acids is 2. The van der Waals surface area contributed by atoms with Crippen LogP contribution in [-0.2, 0) is 14.3 Å². The fraction of sp³-hybridized carbons (Fsp3) is 0.625. The first-order valence-corrected chi connectivity index (χ1v) is 8.21. The van der Waals surface area contributed by atoms with Crippen molar-refractivity contribution in [3.05, 3.63) is 18.6 Å². The standard InChI is InChI=1S/C16H20N4O3/c21-15(19-14-8-17-4-5-18-14)11-7-13-12(3-6-23-13)20(9-11)16(22)10-1-2-10/h4-5,8,10-13H,1-3,6-7,9H2,(H,18,19,21)/t11-,12+,13+/m0/s1. The van der Waals surface area contributed by atoms with Gasteiger partial charge >= 0.3 is 0 Å². The van der Waals surface area contributed by atoms with Gasteiger partial charge in [-0.1, -0.05) is 0 Å². The summed E-state index contributed by atoms with van der Waals surface area (Å²) in [4.78, 5) is 35.0. The number of likely N-dealkylation sites (tertiary alicyclic amines) is 1. The van der Waals surface area contributed by atoms with Crippen molar-refractivity contribution >= 4 is 17.6 Å². The Labute approximate surface area is 134 Å². The van der Waals surface area contributed by atoms with Crippen LogP contribution in [0.15, 0.2) is 18.6 Å². The Morgan fingerprint density at radius 2 is 2.09 bits per heavy atom. The van der Waals surface area contributed by atoms with Crippen LogP contribution in [0.1, 0.15) is 25.7 Å². The predicted molar refractivity (Wildman–Crippen MR) is 81.4 cm³/mol. The quantitative estimate of drug-likeness (QED) is 0.893. The fourth-order valence-corrected chi connectivity index (χ4v) is 3.55. The lowest BCUT2D eigenvalue weighted by atomic mass is 9.89. The van der Waals surface area contributed by atoms with Gasteiger partial charge in [0.05, 0.1) is 24.3 Å². The number of nitrogens with one attached hydrogen (secondary N) is 1. The number of fused-ring (bicyclic) bond motifs is 1. The van der Waals surface area contributed by atoms with E-state index in [4.69, 9.17) is 4.74 Å². The summed E-state index contributed by atoms with van der Waals surface area (Å²) in [6.45, 7) is 1.15. The molecule has 1 aromatic heterocycles. The predicted octanol–water partition coefficient (Wildman–Crippen LogP) is 0.831.